The molecule has 0 aromatic heterocycles. The number of rotatable bonds is 8. The minimum atomic E-state index is -3.79. The second kappa shape index (κ2) is 9.64. The van der Waals surface area contributed by atoms with Crippen LogP contribution in [-0.2, 0) is 29.1 Å². The molecular weight excluding hydrogens is 430 g/mol. The fraction of sp³-hybridized carbons (Fsp3) is 0.474. The molecule has 12 heteroatoms. The topological polar surface area (TPSA) is 135 Å². The van der Waals surface area contributed by atoms with Crippen LogP contribution in [0.25, 0.3) is 0 Å². The molecule has 3 rings (SSSR count). The lowest BCUT2D eigenvalue weighted by Gasteiger charge is -2.26. The van der Waals surface area contributed by atoms with Crippen LogP contribution in [0.3, 0.4) is 0 Å². The van der Waals surface area contributed by atoms with Crippen LogP contribution in [0.1, 0.15) is 0 Å². The Morgan fingerprint density at radius 3 is 2.58 bits per heavy atom. The van der Waals surface area contributed by atoms with Crippen LogP contribution in [0, 0.1) is 0 Å². The highest BCUT2D eigenvalue weighted by Crippen LogP contribution is 2.32. The molecule has 0 bridgehead atoms. The van der Waals surface area contributed by atoms with E-state index in [1.54, 1.807) is 0 Å². The normalized spacial score (nSPS) is 17.8. The molecule has 1 fully saturated rings. The second-order valence-corrected chi connectivity index (χ2v) is 8.74. The molecular formula is C19H25N3O8S. The van der Waals surface area contributed by atoms with E-state index in [0.29, 0.717) is 13.2 Å². The van der Waals surface area contributed by atoms with Gasteiger partial charge in [0.05, 0.1) is 56.7 Å². The van der Waals surface area contributed by atoms with Gasteiger partial charge >= 0.3 is 5.97 Å². The molecule has 0 aliphatic carbocycles. The third-order valence-corrected chi connectivity index (χ3v) is 6.89. The van der Waals surface area contributed by atoms with Crippen LogP contribution in [0.4, 0.5) is 5.69 Å². The number of benzene rings is 1. The van der Waals surface area contributed by atoms with E-state index in [1.165, 1.54) is 41.6 Å². The van der Waals surface area contributed by atoms with Gasteiger partial charge < -0.3 is 29.5 Å². The van der Waals surface area contributed by atoms with Gasteiger partial charge in [-0.1, -0.05) is 0 Å². The van der Waals surface area contributed by atoms with Crippen LogP contribution in [0.15, 0.2) is 34.4 Å². The number of carbonyl (C=O) groups is 2. The molecule has 2 heterocycles. The highest BCUT2D eigenvalue weighted by atomic mass is 32.2. The number of nitrogens with zero attached hydrogens (tertiary/aromatic N) is 2. The first-order valence-corrected chi connectivity index (χ1v) is 11.0. The molecule has 11 nitrogen and oxygen atoms in total. The van der Waals surface area contributed by atoms with Crippen molar-refractivity contribution >= 4 is 27.6 Å². The van der Waals surface area contributed by atoms with Crippen molar-refractivity contribution < 1.29 is 37.3 Å². The number of hydrogen-bond donors (Lipinski definition) is 2. The zero-order chi connectivity index (χ0) is 22.6. The third-order valence-electron chi connectivity index (χ3n) is 4.99. The fourth-order valence-corrected chi connectivity index (χ4v) is 4.80. The number of anilines is 1. The number of ether oxygens (including phenoxy) is 3. The summed E-state index contributed by atoms with van der Waals surface area (Å²) in [6, 6.07) is 4.24. The molecule has 0 radical (unpaired) electrons. The number of amides is 1. The number of morpholine rings is 1. The van der Waals surface area contributed by atoms with Gasteiger partial charge in [0.25, 0.3) is 5.91 Å². The average Bonchev–Trinajstić information content (AvgIpc) is 3.09. The van der Waals surface area contributed by atoms with Crippen molar-refractivity contribution in [1.82, 2.24) is 9.21 Å². The van der Waals surface area contributed by atoms with Crippen LogP contribution in [0.5, 0.6) is 5.75 Å². The Balaban J connectivity index is 1.98. The summed E-state index contributed by atoms with van der Waals surface area (Å²) in [5, 5.41) is 12.0. The molecule has 1 amide bonds. The minimum Gasteiger partial charge on any atom is -0.495 e. The number of β-amino-alcohol motifs (C(OH)–C–C–N with tert-alkyl or cyclic N) is 1. The summed E-state index contributed by atoms with van der Waals surface area (Å²) in [5.74, 6) is -0.934. The van der Waals surface area contributed by atoms with E-state index in [2.05, 4.69) is 5.32 Å². The number of aliphatic hydroxyl groups excluding tert-OH is 1. The van der Waals surface area contributed by atoms with E-state index in [1.807, 2.05) is 0 Å². The van der Waals surface area contributed by atoms with Gasteiger partial charge in [-0.2, -0.15) is 4.31 Å². The highest BCUT2D eigenvalue weighted by molar-refractivity contribution is 7.89. The summed E-state index contributed by atoms with van der Waals surface area (Å²) < 4.78 is 42.6. The smallest absolute Gasteiger partial charge is 0.337 e. The summed E-state index contributed by atoms with van der Waals surface area (Å²) in [5.41, 5.74) is 0.219. The first-order chi connectivity index (χ1) is 14.8. The lowest BCUT2D eigenvalue weighted by atomic mass is 10.2. The molecule has 1 aromatic rings. The molecule has 0 saturated carbocycles. The maximum atomic E-state index is 13.0. The molecule has 31 heavy (non-hydrogen) atoms. The minimum absolute atomic E-state index is 0.00979. The Bertz CT molecular complexity index is 986. The van der Waals surface area contributed by atoms with Crippen molar-refractivity contribution in [3.8, 4) is 5.75 Å². The number of hydrogen-bond acceptors (Lipinski definition) is 9. The van der Waals surface area contributed by atoms with Crippen LogP contribution in [-0.4, -0.2) is 94.8 Å². The number of carbonyl (C=O) groups excluding carboxylic acids is 2. The molecule has 2 N–H and O–H groups in total. The summed E-state index contributed by atoms with van der Waals surface area (Å²) in [6.07, 6.45) is 0. The van der Waals surface area contributed by atoms with Gasteiger partial charge in [0.15, 0.2) is 0 Å². The van der Waals surface area contributed by atoms with E-state index in [-0.39, 0.29) is 60.4 Å². The van der Waals surface area contributed by atoms with Gasteiger partial charge in [0, 0.05) is 19.6 Å². The van der Waals surface area contributed by atoms with Crippen molar-refractivity contribution in [3.05, 3.63) is 29.5 Å². The maximum absolute atomic E-state index is 13.0. The number of nitrogens with one attached hydrogen (secondary N) is 1. The van der Waals surface area contributed by atoms with Gasteiger partial charge in [-0.15, -0.1) is 0 Å². The molecule has 0 unspecified atom stereocenters. The molecule has 2 aliphatic heterocycles. The summed E-state index contributed by atoms with van der Waals surface area (Å²) in [4.78, 5) is 26.3. The predicted molar refractivity (Wildman–Crippen MR) is 109 cm³/mol. The molecule has 2 aliphatic rings. The second-order valence-electron chi connectivity index (χ2n) is 6.80. The number of esters is 1. The van der Waals surface area contributed by atoms with Crippen molar-refractivity contribution in [3.63, 3.8) is 0 Å². The highest BCUT2D eigenvalue weighted by Gasteiger charge is 2.35. The fourth-order valence-electron chi connectivity index (χ4n) is 3.36. The van der Waals surface area contributed by atoms with Crippen molar-refractivity contribution in [2.45, 2.75) is 4.90 Å². The number of aliphatic hydroxyl groups is 1. The molecule has 0 atom stereocenters. The van der Waals surface area contributed by atoms with E-state index in [4.69, 9.17) is 14.2 Å². The quantitative estimate of drug-likeness (QED) is 0.492. The summed E-state index contributed by atoms with van der Waals surface area (Å²) >= 11 is 0. The average molecular weight is 455 g/mol. The van der Waals surface area contributed by atoms with Crippen molar-refractivity contribution in [2.24, 2.45) is 0 Å². The van der Waals surface area contributed by atoms with E-state index in [0.717, 1.165) is 0 Å². The van der Waals surface area contributed by atoms with Gasteiger partial charge in [0.1, 0.15) is 11.4 Å². The monoisotopic (exact) mass is 455 g/mol. The summed E-state index contributed by atoms with van der Waals surface area (Å²) in [7, 11) is -1.19. The molecule has 1 aromatic carbocycles. The van der Waals surface area contributed by atoms with E-state index < -0.39 is 21.9 Å². The van der Waals surface area contributed by atoms with Crippen LogP contribution >= 0.6 is 0 Å². The Hall–Kier alpha value is -2.67. The SMILES string of the molecule is COC(=O)C1=C(Nc2cc(S(=O)(=O)N3CCOCC3)ccc2OC)C(=O)N(CCO)C1. The third kappa shape index (κ3) is 4.66. The van der Waals surface area contributed by atoms with E-state index in [9.17, 15) is 23.1 Å². The Morgan fingerprint density at radius 1 is 1.26 bits per heavy atom. The number of sulfonamides is 1. The zero-order valence-corrected chi connectivity index (χ0v) is 18.1. The van der Waals surface area contributed by atoms with Crippen molar-refractivity contribution in [2.75, 3.05) is 65.5 Å². The van der Waals surface area contributed by atoms with Gasteiger partial charge in [-0.25, -0.2) is 13.2 Å². The van der Waals surface area contributed by atoms with Crippen LogP contribution < -0.4 is 10.1 Å². The largest absolute Gasteiger partial charge is 0.495 e. The Labute approximate surface area is 180 Å². The Kier molecular flexibility index (Phi) is 7.15. The first kappa shape index (κ1) is 23.0. The lowest BCUT2D eigenvalue weighted by molar-refractivity contribution is -0.136. The molecule has 0 spiro atoms. The lowest BCUT2D eigenvalue weighted by Crippen LogP contribution is -2.40. The number of methoxy groups -OCH3 is 2. The van der Waals surface area contributed by atoms with E-state index >= 15 is 0 Å². The van der Waals surface area contributed by atoms with Gasteiger partial charge in [0.2, 0.25) is 10.0 Å². The molecule has 1 saturated heterocycles. The van der Waals surface area contributed by atoms with Crippen molar-refractivity contribution in [1.29, 1.82) is 0 Å². The predicted octanol–water partition coefficient (Wildman–Crippen LogP) is -0.610. The van der Waals surface area contributed by atoms with Crippen LogP contribution in [0.2, 0.25) is 0 Å². The van der Waals surface area contributed by atoms with Gasteiger partial charge in [-0.05, 0) is 18.2 Å². The van der Waals surface area contributed by atoms with Gasteiger partial charge in [-0.3, -0.25) is 4.79 Å². The first-order valence-electron chi connectivity index (χ1n) is 9.58. The molecule has 170 valence electrons. The standard InChI is InChI=1S/C19H25N3O8S/c1-28-16-4-3-13(31(26,27)22-6-9-30-10-7-22)11-15(16)20-17-14(19(25)29-2)12-21(5-8-23)18(17)24/h3-4,11,20,23H,5-10,12H2,1-2H3. The maximum Gasteiger partial charge on any atom is 0.337 e. The zero-order valence-electron chi connectivity index (χ0n) is 17.3. The summed E-state index contributed by atoms with van der Waals surface area (Å²) in [6.45, 7) is 0.822. The Morgan fingerprint density at radius 2 is 1.97 bits per heavy atom.